The van der Waals surface area contributed by atoms with Crippen LogP contribution in [0.3, 0.4) is 0 Å². The van der Waals surface area contributed by atoms with E-state index >= 15 is 0 Å². The molecule has 0 bridgehead atoms. The van der Waals surface area contributed by atoms with Crippen LogP contribution in [-0.4, -0.2) is 37.7 Å². The van der Waals surface area contributed by atoms with Crippen LogP contribution >= 0.6 is 11.6 Å². The molecule has 0 amide bonds. The molecular formula is C15H22ClFN2O. The largest absolute Gasteiger partial charge is 0.489 e. The van der Waals surface area contributed by atoms with Crippen LogP contribution in [0.2, 0.25) is 5.02 Å². The van der Waals surface area contributed by atoms with Crippen molar-refractivity contribution in [1.82, 2.24) is 10.2 Å². The van der Waals surface area contributed by atoms with Crippen molar-refractivity contribution < 1.29 is 9.13 Å². The number of benzene rings is 1. The van der Waals surface area contributed by atoms with Crippen LogP contribution in [-0.2, 0) is 0 Å². The van der Waals surface area contributed by atoms with Gasteiger partial charge >= 0.3 is 0 Å². The first kappa shape index (κ1) is 15.5. The van der Waals surface area contributed by atoms with Crippen LogP contribution in [0.1, 0.15) is 31.9 Å². The summed E-state index contributed by atoms with van der Waals surface area (Å²) in [4.78, 5) is 2.38. The molecule has 0 aromatic heterocycles. The number of hydrogen-bond donors (Lipinski definition) is 1. The average molecular weight is 301 g/mol. The number of piperazine rings is 1. The lowest BCUT2D eigenvalue weighted by molar-refractivity contribution is 0.169. The van der Waals surface area contributed by atoms with Crippen molar-refractivity contribution in [2.24, 2.45) is 0 Å². The van der Waals surface area contributed by atoms with Gasteiger partial charge in [-0.1, -0.05) is 18.5 Å². The van der Waals surface area contributed by atoms with Gasteiger partial charge in [-0.15, -0.1) is 0 Å². The lowest BCUT2D eigenvalue weighted by Crippen LogP contribution is -2.45. The SMILES string of the molecule is CCOc1c(F)cc([C@H](CC)N2CCNCC2)cc1Cl. The minimum Gasteiger partial charge on any atom is -0.489 e. The summed E-state index contributed by atoms with van der Waals surface area (Å²) in [5, 5.41) is 3.69. The molecule has 1 saturated heterocycles. The van der Waals surface area contributed by atoms with Crippen molar-refractivity contribution in [3.63, 3.8) is 0 Å². The van der Waals surface area contributed by atoms with Gasteiger partial charge < -0.3 is 10.1 Å². The molecule has 0 spiro atoms. The van der Waals surface area contributed by atoms with Gasteiger partial charge in [0, 0.05) is 32.2 Å². The summed E-state index contributed by atoms with van der Waals surface area (Å²) in [6, 6.07) is 3.61. The van der Waals surface area contributed by atoms with Crippen molar-refractivity contribution in [3.05, 3.63) is 28.5 Å². The van der Waals surface area contributed by atoms with E-state index in [1.807, 2.05) is 13.0 Å². The van der Waals surface area contributed by atoms with Crippen LogP contribution in [0, 0.1) is 5.82 Å². The predicted molar refractivity (Wildman–Crippen MR) is 80.1 cm³/mol. The molecule has 1 aromatic carbocycles. The van der Waals surface area contributed by atoms with E-state index in [4.69, 9.17) is 16.3 Å². The standard InChI is InChI=1S/C15H22ClFN2O/c1-3-14(19-7-5-18-6-8-19)11-9-12(16)15(20-4-2)13(17)10-11/h9-10,14,18H,3-8H2,1-2H3/t14-/m0/s1. The van der Waals surface area contributed by atoms with Gasteiger partial charge in [0.2, 0.25) is 0 Å². The highest BCUT2D eigenvalue weighted by atomic mass is 35.5. The molecule has 1 N–H and O–H groups in total. The Morgan fingerprint density at radius 1 is 1.35 bits per heavy atom. The third-order valence-electron chi connectivity index (χ3n) is 3.67. The number of rotatable bonds is 5. The smallest absolute Gasteiger partial charge is 0.173 e. The summed E-state index contributed by atoms with van der Waals surface area (Å²) in [6.45, 7) is 8.25. The highest BCUT2D eigenvalue weighted by molar-refractivity contribution is 6.32. The first-order chi connectivity index (χ1) is 9.67. The summed E-state index contributed by atoms with van der Waals surface area (Å²) in [6.07, 6.45) is 0.934. The lowest BCUT2D eigenvalue weighted by Gasteiger charge is -2.35. The number of nitrogens with one attached hydrogen (secondary N) is 1. The molecule has 1 heterocycles. The summed E-state index contributed by atoms with van der Waals surface area (Å²) in [5.41, 5.74) is 0.931. The maximum absolute atomic E-state index is 14.1. The molecule has 1 atom stereocenters. The molecule has 2 rings (SSSR count). The topological polar surface area (TPSA) is 24.5 Å². The van der Waals surface area contributed by atoms with Crippen LogP contribution in [0.5, 0.6) is 5.75 Å². The lowest BCUT2D eigenvalue weighted by atomic mass is 10.0. The van der Waals surface area contributed by atoms with Gasteiger partial charge in [-0.05, 0) is 31.0 Å². The van der Waals surface area contributed by atoms with Gasteiger partial charge in [0.25, 0.3) is 0 Å². The van der Waals surface area contributed by atoms with Crippen LogP contribution in [0.15, 0.2) is 12.1 Å². The van der Waals surface area contributed by atoms with Crippen molar-refractivity contribution in [2.75, 3.05) is 32.8 Å². The van der Waals surface area contributed by atoms with E-state index < -0.39 is 0 Å². The Hall–Kier alpha value is -0.840. The molecule has 1 fully saturated rings. The maximum atomic E-state index is 14.1. The zero-order valence-corrected chi connectivity index (χ0v) is 12.8. The molecule has 0 aliphatic carbocycles. The third-order valence-corrected chi connectivity index (χ3v) is 3.95. The first-order valence-electron chi connectivity index (χ1n) is 7.23. The van der Waals surface area contributed by atoms with E-state index in [-0.39, 0.29) is 17.6 Å². The van der Waals surface area contributed by atoms with Crippen molar-refractivity contribution in [1.29, 1.82) is 0 Å². The van der Waals surface area contributed by atoms with E-state index in [2.05, 4.69) is 17.1 Å². The van der Waals surface area contributed by atoms with Gasteiger partial charge in [-0.2, -0.15) is 0 Å². The predicted octanol–water partition coefficient (Wildman–Crippen LogP) is 3.23. The van der Waals surface area contributed by atoms with Gasteiger partial charge in [0.1, 0.15) is 0 Å². The molecule has 0 unspecified atom stereocenters. The summed E-state index contributed by atoms with van der Waals surface area (Å²) < 4.78 is 19.4. The monoisotopic (exact) mass is 300 g/mol. The number of nitrogens with zero attached hydrogens (tertiary/aromatic N) is 1. The Morgan fingerprint density at radius 3 is 2.60 bits per heavy atom. The second-order valence-electron chi connectivity index (χ2n) is 4.96. The Kier molecular flexibility index (Phi) is 5.64. The van der Waals surface area contributed by atoms with Crippen LogP contribution < -0.4 is 10.1 Å². The zero-order valence-electron chi connectivity index (χ0n) is 12.1. The fourth-order valence-electron chi connectivity index (χ4n) is 2.75. The van der Waals surface area contributed by atoms with Crippen LogP contribution in [0.4, 0.5) is 4.39 Å². The molecule has 1 aromatic rings. The van der Waals surface area contributed by atoms with E-state index in [9.17, 15) is 4.39 Å². The quantitative estimate of drug-likeness (QED) is 0.903. The van der Waals surface area contributed by atoms with Gasteiger partial charge in [0.15, 0.2) is 11.6 Å². The van der Waals surface area contributed by atoms with Crippen molar-refractivity contribution in [2.45, 2.75) is 26.3 Å². The molecular weight excluding hydrogens is 279 g/mol. The fraction of sp³-hybridized carbons (Fsp3) is 0.600. The van der Waals surface area contributed by atoms with Crippen molar-refractivity contribution >= 4 is 11.6 Å². The van der Waals surface area contributed by atoms with Crippen LogP contribution in [0.25, 0.3) is 0 Å². The molecule has 0 radical (unpaired) electrons. The Labute approximate surface area is 125 Å². The second-order valence-corrected chi connectivity index (χ2v) is 5.36. The molecule has 5 heteroatoms. The maximum Gasteiger partial charge on any atom is 0.173 e. The fourth-order valence-corrected chi connectivity index (χ4v) is 3.02. The van der Waals surface area contributed by atoms with E-state index in [0.29, 0.717) is 11.6 Å². The summed E-state index contributed by atoms with van der Waals surface area (Å²) in [5.74, 6) is -0.212. The Morgan fingerprint density at radius 2 is 2.05 bits per heavy atom. The molecule has 0 saturated carbocycles. The van der Waals surface area contributed by atoms with Gasteiger partial charge in [0.05, 0.1) is 11.6 Å². The van der Waals surface area contributed by atoms with Crippen molar-refractivity contribution in [3.8, 4) is 5.75 Å². The molecule has 1 aliphatic rings. The third kappa shape index (κ3) is 3.43. The molecule has 3 nitrogen and oxygen atoms in total. The van der Waals surface area contributed by atoms with Gasteiger partial charge in [-0.3, -0.25) is 4.90 Å². The minimum atomic E-state index is -0.372. The highest BCUT2D eigenvalue weighted by Gasteiger charge is 2.23. The Balaban J connectivity index is 2.25. The van der Waals surface area contributed by atoms with Gasteiger partial charge in [-0.25, -0.2) is 4.39 Å². The number of halogens is 2. The molecule has 20 heavy (non-hydrogen) atoms. The average Bonchev–Trinajstić information content (AvgIpc) is 2.45. The van der Waals surface area contributed by atoms with E-state index in [1.54, 1.807) is 6.07 Å². The van der Waals surface area contributed by atoms with E-state index in [1.165, 1.54) is 0 Å². The zero-order chi connectivity index (χ0) is 14.5. The number of hydrogen-bond acceptors (Lipinski definition) is 3. The summed E-state index contributed by atoms with van der Waals surface area (Å²) >= 11 is 6.16. The molecule has 112 valence electrons. The Bertz CT molecular complexity index is 426. The number of ether oxygens (including phenoxy) is 1. The van der Waals surface area contributed by atoms with E-state index in [0.717, 1.165) is 38.2 Å². The first-order valence-corrected chi connectivity index (χ1v) is 7.61. The minimum absolute atomic E-state index is 0.160. The normalized spacial score (nSPS) is 18.0. The molecule has 1 aliphatic heterocycles. The highest BCUT2D eigenvalue weighted by Crippen LogP contribution is 2.34. The summed E-state index contributed by atoms with van der Waals surface area (Å²) in [7, 11) is 0. The second kappa shape index (κ2) is 7.25.